The molecule has 1 amide bonds. The highest BCUT2D eigenvalue weighted by Gasteiger charge is 2.36. The minimum Gasteiger partial charge on any atom is -0.380 e. The average molecular weight is 291 g/mol. The molecule has 3 N–H and O–H groups in total. The molecule has 1 aromatic rings. The Balaban J connectivity index is 2.11. The van der Waals surface area contributed by atoms with E-state index < -0.39 is 5.54 Å². The summed E-state index contributed by atoms with van der Waals surface area (Å²) in [5, 5.41) is 3.15. The molecular formula is C16H25N3O2. The van der Waals surface area contributed by atoms with Gasteiger partial charge in [0.15, 0.2) is 0 Å². The SMILES string of the molecule is CNC(CCN1CCCOCC1)(C(N)=O)c1ccccc1. The number of benzene rings is 1. The van der Waals surface area contributed by atoms with E-state index >= 15 is 0 Å². The number of ether oxygens (including phenoxy) is 1. The van der Waals surface area contributed by atoms with Gasteiger partial charge in [0.05, 0.1) is 6.61 Å². The van der Waals surface area contributed by atoms with Crippen LogP contribution in [0, 0.1) is 0 Å². The van der Waals surface area contributed by atoms with Crippen molar-refractivity contribution in [2.45, 2.75) is 18.4 Å². The number of rotatable bonds is 6. The van der Waals surface area contributed by atoms with Crippen molar-refractivity contribution in [1.82, 2.24) is 10.2 Å². The van der Waals surface area contributed by atoms with Crippen LogP contribution in [0.15, 0.2) is 30.3 Å². The first-order chi connectivity index (χ1) is 10.2. The van der Waals surface area contributed by atoms with Crippen LogP contribution < -0.4 is 11.1 Å². The second kappa shape index (κ2) is 7.54. The third kappa shape index (κ3) is 3.81. The van der Waals surface area contributed by atoms with Gasteiger partial charge in [0.1, 0.15) is 5.54 Å². The second-order valence-corrected chi connectivity index (χ2v) is 5.44. The molecule has 21 heavy (non-hydrogen) atoms. The minimum atomic E-state index is -0.811. The smallest absolute Gasteiger partial charge is 0.242 e. The van der Waals surface area contributed by atoms with E-state index in [0.717, 1.165) is 44.8 Å². The zero-order valence-electron chi connectivity index (χ0n) is 12.7. The number of hydrogen-bond acceptors (Lipinski definition) is 4. The normalized spacial score (nSPS) is 19.7. The number of nitrogens with two attached hydrogens (primary N) is 1. The standard InChI is InChI=1S/C16H25N3O2/c1-18-16(15(17)20,14-6-3-2-4-7-14)8-10-19-9-5-12-21-13-11-19/h2-4,6-7,18H,5,8-13H2,1H3,(H2,17,20). The predicted octanol–water partition coefficient (Wildman–Crippen LogP) is 0.699. The Hall–Kier alpha value is -1.43. The van der Waals surface area contributed by atoms with Crippen LogP contribution in [0.5, 0.6) is 0 Å². The number of carbonyl (C=O) groups excluding carboxylic acids is 1. The van der Waals surface area contributed by atoms with Crippen LogP contribution in [-0.4, -0.2) is 50.7 Å². The van der Waals surface area contributed by atoms with Crippen molar-refractivity contribution in [2.24, 2.45) is 5.73 Å². The first kappa shape index (κ1) is 15.9. The topological polar surface area (TPSA) is 67.6 Å². The summed E-state index contributed by atoms with van der Waals surface area (Å²) in [6, 6.07) is 9.71. The molecule has 1 aromatic carbocycles. The van der Waals surface area contributed by atoms with Crippen LogP contribution >= 0.6 is 0 Å². The first-order valence-electron chi connectivity index (χ1n) is 7.53. The number of hydrogen-bond donors (Lipinski definition) is 2. The van der Waals surface area contributed by atoms with Gasteiger partial charge >= 0.3 is 0 Å². The fourth-order valence-electron chi connectivity index (χ4n) is 2.87. The van der Waals surface area contributed by atoms with Crippen LogP contribution in [0.25, 0.3) is 0 Å². The molecule has 116 valence electrons. The summed E-state index contributed by atoms with van der Waals surface area (Å²) in [7, 11) is 1.79. The molecule has 1 aliphatic rings. The molecule has 1 fully saturated rings. The van der Waals surface area contributed by atoms with Crippen molar-refractivity contribution in [3.05, 3.63) is 35.9 Å². The van der Waals surface area contributed by atoms with E-state index in [4.69, 9.17) is 10.5 Å². The number of primary amides is 1. The molecule has 0 bridgehead atoms. The van der Waals surface area contributed by atoms with Gasteiger partial charge in [-0.05, 0) is 25.5 Å². The Morgan fingerprint density at radius 3 is 2.76 bits per heavy atom. The van der Waals surface area contributed by atoms with Gasteiger partial charge in [-0.3, -0.25) is 4.79 Å². The summed E-state index contributed by atoms with van der Waals surface area (Å²) in [5.41, 5.74) is 5.83. The summed E-state index contributed by atoms with van der Waals surface area (Å²) >= 11 is 0. The molecular weight excluding hydrogens is 266 g/mol. The number of amides is 1. The third-order valence-corrected chi connectivity index (χ3v) is 4.23. The Morgan fingerprint density at radius 2 is 2.10 bits per heavy atom. The minimum absolute atomic E-state index is 0.331. The van der Waals surface area contributed by atoms with Gasteiger partial charge in [-0.2, -0.15) is 0 Å². The maximum Gasteiger partial charge on any atom is 0.242 e. The second-order valence-electron chi connectivity index (χ2n) is 5.44. The lowest BCUT2D eigenvalue weighted by Crippen LogP contribution is -2.53. The lowest BCUT2D eigenvalue weighted by Gasteiger charge is -2.33. The van der Waals surface area contributed by atoms with E-state index in [2.05, 4.69) is 10.2 Å². The van der Waals surface area contributed by atoms with Crippen molar-refractivity contribution < 1.29 is 9.53 Å². The molecule has 2 rings (SSSR count). The summed E-state index contributed by atoms with van der Waals surface area (Å²) in [4.78, 5) is 14.4. The summed E-state index contributed by atoms with van der Waals surface area (Å²) in [5.74, 6) is -0.331. The molecule has 1 atom stereocenters. The Morgan fingerprint density at radius 1 is 1.33 bits per heavy atom. The van der Waals surface area contributed by atoms with E-state index in [1.807, 2.05) is 30.3 Å². The summed E-state index contributed by atoms with van der Waals surface area (Å²) < 4.78 is 5.47. The molecule has 1 unspecified atom stereocenters. The van der Waals surface area contributed by atoms with Crippen molar-refractivity contribution >= 4 is 5.91 Å². The zero-order chi connectivity index (χ0) is 15.1. The lowest BCUT2D eigenvalue weighted by molar-refractivity contribution is -0.125. The van der Waals surface area contributed by atoms with Crippen molar-refractivity contribution in [3.63, 3.8) is 0 Å². The lowest BCUT2D eigenvalue weighted by atomic mass is 9.85. The Labute approximate surface area is 126 Å². The zero-order valence-corrected chi connectivity index (χ0v) is 12.7. The molecule has 1 aliphatic heterocycles. The number of nitrogens with zero attached hydrogens (tertiary/aromatic N) is 1. The van der Waals surface area contributed by atoms with Gasteiger partial charge in [-0.25, -0.2) is 0 Å². The van der Waals surface area contributed by atoms with E-state index in [1.54, 1.807) is 7.05 Å². The van der Waals surface area contributed by atoms with E-state index in [9.17, 15) is 4.79 Å². The van der Waals surface area contributed by atoms with Crippen LogP contribution in [0.2, 0.25) is 0 Å². The molecule has 0 spiro atoms. The van der Waals surface area contributed by atoms with Crippen LogP contribution in [0.1, 0.15) is 18.4 Å². The molecule has 0 saturated carbocycles. The van der Waals surface area contributed by atoms with Crippen molar-refractivity contribution in [2.75, 3.05) is 39.9 Å². The fourth-order valence-corrected chi connectivity index (χ4v) is 2.87. The van der Waals surface area contributed by atoms with Crippen molar-refractivity contribution in [1.29, 1.82) is 0 Å². The van der Waals surface area contributed by atoms with Gasteiger partial charge in [0.25, 0.3) is 0 Å². The van der Waals surface area contributed by atoms with E-state index in [-0.39, 0.29) is 5.91 Å². The third-order valence-electron chi connectivity index (χ3n) is 4.23. The largest absolute Gasteiger partial charge is 0.380 e. The van der Waals surface area contributed by atoms with Gasteiger partial charge in [0, 0.05) is 26.2 Å². The predicted molar refractivity (Wildman–Crippen MR) is 82.9 cm³/mol. The molecule has 5 nitrogen and oxygen atoms in total. The number of nitrogens with one attached hydrogen (secondary N) is 1. The summed E-state index contributed by atoms with van der Waals surface area (Å²) in [6.45, 7) is 4.32. The first-order valence-corrected chi connectivity index (χ1v) is 7.53. The molecule has 5 heteroatoms. The maximum atomic E-state index is 12.1. The van der Waals surface area contributed by atoms with Gasteiger partial charge in [-0.15, -0.1) is 0 Å². The number of carbonyl (C=O) groups is 1. The van der Waals surface area contributed by atoms with Crippen LogP contribution in [-0.2, 0) is 15.1 Å². The summed E-state index contributed by atoms with van der Waals surface area (Å²) in [6.07, 6.45) is 1.69. The molecule has 0 aliphatic carbocycles. The monoisotopic (exact) mass is 291 g/mol. The van der Waals surface area contributed by atoms with E-state index in [1.165, 1.54) is 0 Å². The van der Waals surface area contributed by atoms with Gasteiger partial charge in [-0.1, -0.05) is 30.3 Å². The van der Waals surface area contributed by atoms with E-state index in [0.29, 0.717) is 6.42 Å². The Kier molecular flexibility index (Phi) is 5.73. The van der Waals surface area contributed by atoms with Crippen molar-refractivity contribution in [3.8, 4) is 0 Å². The molecule has 1 heterocycles. The van der Waals surface area contributed by atoms with Gasteiger partial charge in [0.2, 0.25) is 5.91 Å². The van der Waals surface area contributed by atoms with Gasteiger partial charge < -0.3 is 20.7 Å². The quantitative estimate of drug-likeness (QED) is 0.809. The Bertz CT molecular complexity index is 444. The fraction of sp³-hybridized carbons (Fsp3) is 0.562. The number of likely N-dealkylation sites (N-methyl/N-ethyl adjacent to an activating group) is 1. The molecule has 0 radical (unpaired) electrons. The highest BCUT2D eigenvalue weighted by atomic mass is 16.5. The average Bonchev–Trinajstić information content (AvgIpc) is 2.78. The highest BCUT2D eigenvalue weighted by Crippen LogP contribution is 2.25. The highest BCUT2D eigenvalue weighted by molar-refractivity contribution is 5.86. The molecule has 0 aromatic heterocycles. The van der Waals surface area contributed by atoms with Crippen LogP contribution in [0.3, 0.4) is 0 Å². The molecule has 1 saturated heterocycles. The maximum absolute atomic E-state index is 12.1. The van der Waals surface area contributed by atoms with Crippen LogP contribution in [0.4, 0.5) is 0 Å².